The number of anilines is 2. The minimum absolute atomic E-state index is 0.174. The van der Waals surface area contributed by atoms with E-state index in [2.05, 4.69) is 20.8 Å². The maximum absolute atomic E-state index is 12.2. The highest BCUT2D eigenvalue weighted by molar-refractivity contribution is 6.02. The first-order chi connectivity index (χ1) is 14.2. The number of amides is 1. The second-order valence-electron chi connectivity index (χ2n) is 5.90. The fraction of sp³-hybridized carbons (Fsp3) is 0.143. The van der Waals surface area contributed by atoms with Gasteiger partial charge in [-0.2, -0.15) is 5.26 Å². The summed E-state index contributed by atoms with van der Waals surface area (Å²) in [5.74, 6) is 1.65. The standard InChI is InChI=1S/C21H19N5O3/c1-28-17-5-7-18(8-6-17)29-12-11-23-20-10-9-19(25-26-20)21(27)24-16-4-2-3-15(13-16)14-22/h2-10,13H,11-12H2,1H3,(H,23,26)(H,24,27). The van der Waals surface area contributed by atoms with Gasteiger partial charge in [0, 0.05) is 5.69 Å². The number of nitrogens with zero attached hydrogens (tertiary/aromatic N) is 3. The Morgan fingerprint density at radius 2 is 1.86 bits per heavy atom. The van der Waals surface area contributed by atoms with Gasteiger partial charge in [-0.1, -0.05) is 6.07 Å². The summed E-state index contributed by atoms with van der Waals surface area (Å²) in [6.07, 6.45) is 0. The Morgan fingerprint density at radius 3 is 2.55 bits per heavy atom. The summed E-state index contributed by atoms with van der Waals surface area (Å²) in [5, 5.41) is 22.6. The van der Waals surface area contributed by atoms with Gasteiger partial charge < -0.3 is 20.1 Å². The zero-order valence-electron chi connectivity index (χ0n) is 15.8. The van der Waals surface area contributed by atoms with E-state index in [1.807, 2.05) is 30.3 Å². The maximum atomic E-state index is 12.2. The van der Waals surface area contributed by atoms with Gasteiger partial charge in [0.1, 0.15) is 23.9 Å². The first-order valence-corrected chi connectivity index (χ1v) is 8.84. The number of aromatic nitrogens is 2. The van der Waals surface area contributed by atoms with Crippen LogP contribution < -0.4 is 20.1 Å². The van der Waals surface area contributed by atoms with Crippen molar-refractivity contribution in [2.24, 2.45) is 0 Å². The van der Waals surface area contributed by atoms with Gasteiger partial charge in [-0.25, -0.2) is 0 Å². The summed E-state index contributed by atoms with van der Waals surface area (Å²) in [7, 11) is 1.61. The molecule has 1 aromatic heterocycles. The van der Waals surface area contributed by atoms with Crippen LogP contribution >= 0.6 is 0 Å². The topological polar surface area (TPSA) is 109 Å². The molecule has 1 heterocycles. The van der Waals surface area contributed by atoms with Gasteiger partial charge >= 0.3 is 0 Å². The summed E-state index contributed by atoms with van der Waals surface area (Å²) >= 11 is 0. The second-order valence-corrected chi connectivity index (χ2v) is 5.90. The van der Waals surface area contributed by atoms with Crippen molar-refractivity contribution >= 4 is 17.4 Å². The van der Waals surface area contributed by atoms with Crippen molar-refractivity contribution in [2.75, 3.05) is 30.9 Å². The molecule has 3 rings (SSSR count). The van der Waals surface area contributed by atoms with E-state index in [1.54, 1.807) is 43.5 Å². The number of carbonyl (C=O) groups is 1. The number of benzene rings is 2. The predicted molar refractivity (Wildman–Crippen MR) is 108 cm³/mol. The van der Waals surface area contributed by atoms with Gasteiger partial charge in [-0.05, 0) is 54.6 Å². The normalized spacial score (nSPS) is 9.93. The fourth-order valence-electron chi connectivity index (χ4n) is 2.43. The highest BCUT2D eigenvalue weighted by atomic mass is 16.5. The largest absolute Gasteiger partial charge is 0.497 e. The van der Waals surface area contributed by atoms with E-state index in [0.29, 0.717) is 30.2 Å². The van der Waals surface area contributed by atoms with Crippen molar-refractivity contribution in [3.05, 3.63) is 71.9 Å². The zero-order valence-corrected chi connectivity index (χ0v) is 15.8. The molecule has 0 saturated carbocycles. The summed E-state index contributed by atoms with van der Waals surface area (Å²) in [6.45, 7) is 0.957. The van der Waals surface area contributed by atoms with Crippen molar-refractivity contribution in [3.8, 4) is 17.6 Å². The van der Waals surface area contributed by atoms with Crippen LogP contribution in [-0.4, -0.2) is 36.4 Å². The molecule has 1 amide bonds. The molecule has 3 aromatic rings. The molecule has 0 fully saturated rings. The Morgan fingerprint density at radius 1 is 1.07 bits per heavy atom. The molecule has 2 N–H and O–H groups in total. The molecule has 0 saturated heterocycles. The molecule has 0 aliphatic rings. The van der Waals surface area contributed by atoms with E-state index in [4.69, 9.17) is 14.7 Å². The molecule has 0 aliphatic heterocycles. The molecule has 0 aliphatic carbocycles. The number of carbonyl (C=O) groups excluding carboxylic acids is 1. The van der Waals surface area contributed by atoms with E-state index < -0.39 is 5.91 Å². The average molecular weight is 389 g/mol. The van der Waals surface area contributed by atoms with E-state index in [1.165, 1.54) is 0 Å². The van der Waals surface area contributed by atoms with Crippen LogP contribution in [-0.2, 0) is 0 Å². The third-order valence-corrected chi connectivity index (χ3v) is 3.88. The summed E-state index contributed by atoms with van der Waals surface area (Å²) in [5.41, 5.74) is 1.16. The third-order valence-electron chi connectivity index (χ3n) is 3.88. The van der Waals surface area contributed by atoms with Crippen molar-refractivity contribution in [1.29, 1.82) is 5.26 Å². The van der Waals surface area contributed by atoms with Crippen molar-refractivity contribution in [3.63, 3.8) is 0 Å². The van der Waals surface area contributed by atoms with E-state index >= 15 is 0 Å². The lowest BCUT2D eigenvalue weighted by Gasteiger charge is -2.09. The molecular formula is C21H19N5O3. The molecule has 29 heavy (non-hydrogen) atoms. The summed E-state index contributed by atoms with van der Waals surface area (Å²) in [4.78, 5) is 12.2. The molecule has 0 unspecified atom stereocenters. The summed E-state index contributed by atoms with van der Waals surface area (Å²) in [6, 6.07) is 19.2. The van der Waals surface area contributed by atoms with Crippen LogP contribution in [0.3, 0.4) is 0 Å². The number of rotatable bonds is 8. The smallest absolute Gasteiger partial charge is 0.276 e. The molecule has 8 heteroatoms. The number of nitriles is 1. The molecule has 0 atom stereocenters. The van der Waals surface area contributed by atoms with Crippen molar-refractivity contribution < 1.29 is 14.3 Å². The Labute approximate surface area is 168 Å². The number of methoxy groups -OCH3 is 1. The SMILES string of the molecule is COc1ccc(OCCNc2ccc(C(=O)Nc3cccc(C#N)c3)nn2)cc1. The molecule has 146 valence electrons. The number of nitrogens with one attached hydrogen (secondary N) is 2. The van der Waals surface area contributed by atoms with Gasteiger partial charge in [-0.15, -0.1) is 10.2 Å². The first kappa shape index (κ1) is 19.6. The fourth-order valence-corrected chi connectivity index (χ4v) is 2.43. The predicted octanol–water partition coefficient (Wildman–Crippen LogP) is 3.10. The minimum atomic E-state index is -0.401. The molecule has 2 aromatic carbocycles. The molecule has 0 spiro atoms. The zero-order chi connectivity index (χ0) is 20.5. The van der Waals surface area contributed by atoms with Gasteiger partial charge in [0.15, 0.2) is 5.69 Å². The van der Waals surface area contributed by atoms with Crippen LogP contribution in [0, 0.1) is 11.3 Å². The lowest BCUT2D eigenvalue weighted by molar-refractivity contribution is 0.102. The number of hydrogen-bond donors (Lipinski definition) is 2. The van der Waals surface area contributed by atoms with Crippen LogP contribution in [0.15, 0.2) is 60.7 Å². The highest BCUT2D eigenvalue weighted by Crippen LogP contribution is 2.17. The molecular weight excluding hydrogens is 370 g/mol. The second kappa shape index (κ2) is 9.71. The Kier molecular flexibility index (Phi) is 6.58. The van der Waals surface area contributed by atoms with Gasteiger partial charge in [0.05, 0.1) is 25.3 Å². The number of ether oxygens (including phenoxy) is 2. The van der Waals surface area contributed by atoms with Crippen LogP contribution in [0.1, 0.15) is 16.1 Å². The quantitative estimate of drug-likeness (QED) is 0.570. The van der Waals surface area contributed by atoms with E-state index in [0.717, 1.165) is 11.5 Å². The van der Waals surface area contributed by atoms with Gasteiger partial charge in [-0.3, -0.25) is 4.79 Å². The lowest BCUT2D eigenvalue weighted by atomic mass is 10.2. The average Bonchev–Trinajstić information content (AvgIpc) is 2.77. The van der Waals surface area contributed by atoms with Crippen molar-refractivity contribution in [1.82, 2.24) is 10.2 Å². The van der Waals surface area contributed by atoms with Gasteiger partial charge in [0.2, 0.25) is 0 Å². The maximum Gasteiger partial charge on any atom is 0.276 e. The van der Waals surface area contributed by atoms with Crippen LogP contribution in [0.2, 0.25) is 0 Å². The van der Waals surface area contributed by atoms with Crippen molar-refractivity contribution in [2.45, 2.75) is 0 Å². The summed E-state index contributed by atoms with van der Waals surface area (Å²) < 4.78 is 10.7. The lowest BCUT2D eigenvalue weighted by Crippen LogP contribution is -2.16. The van der Waals surface area contributed by atoms with Crippen LogP contribution in [0.4, 0.5) is 11.5 Å². The Bertz CT molecular complexity index is 998. The molecule has 0 radical (unpaired) electrons. The first-order valence-electron chi connectivity index (χ1n) is 8.84. The Hall–Kier alpha value is -4.12. The van der Waals surface area contributed by atoms with E-state index in [-0.39, 0.29) is 5.69 Å². The Balaban J connectivity index is 1.46. The minimum Gasteiger partial charge on any atom is -0.497 e. The van der Waals surface area contributed by atoms with Crippen LogP contribution in [0.5, 0.6) is 11.5 Å². The van der Waals surface area contributed by atoms with E-state index in [9.17, 15) is 4.79 Å². The third kappa shape index (κ3) is 5.68. The number of hydrogen-bond acceptors (Lipinski definition) is 7. The molecule has 8 nitrogen and oxygen atoms in total. The van der Waals surface area contributed by atoms with Crippen LogP contribution in [0.25, 0.3) is 0 Å². The monoisotopic (exact) mass is 389 g/mol. The highest BCUT2D eigenvalue weighted by Gasteiger charge is 2.09. The van der Waals surface area contributed by atoms with Gasteiger partial charge in [0.25, 0.3) is 5.91 Å². The molecule has 0 bridgehead atoms.